The van der Waals surface area contributed by atoms with Crippen LogP contribution in [-0.2, 0) is 6.42 Å². The molecule has 0 aliphatic carbocycles. The molecule has 2 N–H and O–H groups in total. The van der Waals surface area contributed by atoms with E-state index in [1.165, 1.54) is 5.56 Å². The number of benzene rings is 2. The molecule has 0 saturated heterocycles. The van der Waals surface area contributed by atoms with Crippen molar-refractivity contribution in [2.75, 3.05) is 24.3 Å². The van der Waals surface area contributed by atoms with Crippen molar-refractivity contribution < 1.29 is 9.53 Å². The van der Waals surface area contributed by atoms with Crippen molar-refractivity contribution in [1.29, 1.82) is 0 Å². The Hall–Kier alpha value is -3.41. The molecule has 6 heteroatoms. The standard InChI is InChI=1S/C23H26N4O2/c1-16-11-12-21(29-3)19(14-16)27-23(28)20-15-22(26-17(2)25-20)24-13-7-10-18-8-5-4-6-9-18/h4-6,8-9,11-12,14-15H,7,10,13H2,1-3H3,(H,27,28)(H,24,25,26). The molecule has 0 spiro atoms. The van der Waals surface area contributed by atoms with Crippen molar-refractivity contribution in [2.24, 2.45) is 0 Å². The average Bonchev–Trinajstić information content (AvgIpc) is 2.72. The molecule has 29 heavy (non-hydrogen) atoms. The second-order valence-corrected chi connectivity index (χ2v) is 6.86. The summed E-state index contributed by atoms with van der Waals surface area (Å²) >= 11 is 0. The summed E-state index contributed by atoms with van der Waals surface area (Å²) < 4.78 is 5.33. The van der Waals surface area contributed by atoms with E-state index in [-0.39, 0.29) is 5.91 Å². The van der Waals surface area contributed by atoms with Crippen molar-refractivity contribution in [1.82, 2.24) is 9.97 Å². The first-order valence-corrected chi connectivity index (χ1v) is 9.64. The first kappa shape index (κ1) is 20.3. The quantitative estimate of drug-likeness (QED) is 0.558. The molecule has 3 rings (SSSR count). The van der Waals surface area contributed by atoms with Crippen molar-refractivity contribution in [3.63, 3.8) is 0 Å². The normalized spacial score (nSPS) is 10.4. The van der Waals surface area contributed by atoms with Gasteiger partial charge in [0.15, 0.2) is 0 Å². The first-order chi connectivity index (χ1) is 14.0. The van der Waals surface area contributed by atoms with Crippen LogP contribution in [0, 0.1) is 13.8 Å². The maximum atomic E-state index is 12.7. The number of nitrogens with zero attached hydrogens (tertiary/aromatic N) is 2. The Kier molecular flexibility index (Phi) is 6.79. The van der Waals surface area contributed by atoms with Gasteiger partial charge in [-0.25, -0.2) is 9.97 Å². The van der Waals surface area contributed by atoms with E-state index in [2.05, 4.69) is 32.7 Å². The summed E-state index contributed by atoms with van der Waals surface area (Å²) in [6.07, 6.45) is 1.95. The lowest BCUT2D eigenvalue weighted by Crippen LogP contribution is -2.16. The van der Waals surface area contributed by atoms with Crippen molar-refractivity contribution >= 4 is 17.4 Å². The molecule has 0 bridgehead atoms. The number of nitrogens with one attached hydrogen (secondary N) is 2. The van der Waals surface area contributed by atoms with Crippen LogP contribution in [0.15, 0.2) is 54.6 Å². The number of hydrogen-bond donors (Lipinski definition) is 2. The Morgan fingerprint density at radius 3 is 2.59 bits per heavy atom. The van der Waals surface area contributed by atoms with Crippen LogP contribution in [0.4, 0.5) is 11.5 Å². The predicted molar refractivity (Wildman–Crippen MR) is 116 cm³/mol. The minimum absolute atomic E-state index is 0.299. The summed E-state index contributed by atoms with van der Waals surface area (Å²) in [6.45, 7) is 4.50. The maximum Gasteiger partial charge on any atom is 0.274 e. The fourth-order valence-corrected chi connectivity index (χ4v) is 3.03. The number of aromatic nitrogens is 2. The number of amides is 1. The highest BCUT2D eigenvalue weighted by Crippen LogP contribution is 2.25. The molecule has 1 heterocycles. The number of carbonyl (C=O) groups excluding carboxylic acids is 1. The van der Waals surface area contributed by atoms with Gasteiger partial charge in [0.2, 0.25) is 0 Å². The van der Waals surface area contributed by atoms with Gasteiger partial charge in [-0.3, -0.25) is 4.79 Å². The fourth-order valence-electron chi connectivity index (χ4n) is 3.03. The van der Waals surface area contributed by atoms with E-state index in [0.29, 0.717) is 28.8 Å². The number of hydrogen-bond acceptors (Lipinski definition) is 5. The third kappa shape index (κ3) is 5.78. The zero-order chi connectivity index (χ0) is 20.6. The molecule has 0 radical (unpaired) electrons. The molecule has 0 atom stereocenters. The van der Waals surface area contributed by atoms with E-state index < -0.39 is 0 Å². The summed E-state index contributed by atoms with van der Waals surface area (Å²) in [5.41, 5.74) is 3.26. The van der Waals surface area contributed by atoms with Crippen LogP contribution < -0.4 is 15.4 Å². The van der Waals surface area contributed by atoms with Gasteiger partial charge in [0.1, 0.15) is 23.1 Å². The fraction of sp³-hybridized carbons (Fsp3) is 0.261. The van der Waals surface area contributed by atoms with E-state index in [9.17, 15) is 4.79 Å². The Morgan fingerprint density at radius 2 is 1.83 bits per heavy atom. The lowest BCUT2D eigenvalue weighted by molar-refractivity contribution is 0.102. The molecular weight excluding hydrogens is 364 g/mol. The molecule has 1 amide bonds. The Balaban J connectivity index is 1.63. The van der Waals surface area contributed by atoms with Gasteiger partial charge in [-0.05, 0) is 49.9 Å². The topological polar surface area (TPSA) is 76.1 Å². The summed E-state index contributed by atoms with van der Waals surface area (Å²) in [5.74, 6) is 1.49. The van der Waals surface area contributed by atoms with Gasteiger partial charge in [-0.1, -0.05) is 36.4 Å². The van der Waals surface area contributed by atoms with E-state index >= 15 is 0 Å². The molecule has 0 aliphatic heterocycles. The lowest BCUT2D eigenvalue weighted by Gasteiger charge is -2.12. The molecular formula is C23H26N4O2. The van der Waals surface area contributed by atoms with Gasteiger partial charge in [0, 0.05) is 12.6 Å². The average molecular weight is 390 g/mol. The van der Waals surface area contributed by atoms with Crippen LogP contribution in [0.1, 0.15) is 33.9 Å². The van der Waals surface area contributed by atoms with Crippen molar-refractivity contribution in [3.8, 4) is 5.75 Å². The number of ether oxygens (including phenoxy) is 1. The molecule has 0 saturated carbocycles. The van der Waals surface area contributed by atoms with Gasteiger partial charge >= 0.3 is 0 Å². The second kappa shape index (κ2) is 9.68. The predicted octanol–water partition coefficient (Wildman–Crippen LogP) is 4.40. The molecule has 3 aromatic rings. The van der Waals surface area contributed by atoms with Crippen LogP contribution in [-0.4, -0.2) is 29.5 Å². The van der Waals surface area contributed by atoms with Gasteiger partial charge in [-0.15, -0.1) is 0 Å². The minimum Gasteiger partial charge on any atom is -0.495 e. The number of methoxy groups -OCH3 is 1. The molecule has 1 aromatic heterocycles. The zero-order valence-corrected chi connectivity index (χ0v) is 17.0. The molecule has 0 fully saturated rings. The monoisotopic (exact) mass is 390 g/mol. The van der Waals surface area contributed by atoms with E-state index in [0.717, 1.165) is 24.9 Å². The lowest BCUT2D eigenvalue weighted by atomic mass is 10.1. The van der Waals surface area contributed by atoms with E-state index in [1.807, 2.05) is 43.3 Å². The van der Waals surface area contributed by atoms with Crippen LogP contribution in [0.2, 0.25) is 0 Å². The Bertz CT molecular complexity index is 974. The number of aryl methyl sites for hydroxylation is 3. The van der Waals surface area contributed by atoms with Crippen molar-refractivity contribution in [3.05, 3.63) is 77.2 Å². The highest BCUT2D eigenvalue weighted by atomic mass is 16.5. The summed E-state index contributed by atoms with van der Waals surface area (Å²) in [5, 5.41) is 6.17. The van der Waals surface area contributed by atoms with Gasteiger partial charge in [0.25, 0.3) is 5.91 Å². The summed E-state index contributed by atoms with van der Waals surface area (Å²) in [6, 6.07) is 17.7. The molecule has 6 nitrogen and oxygen atoms in total. The number of anilines is 2. The van der Waals surface area contributed by atoms with E-state index in [1.54, 1.807) is 20.1 Å². The van der Waals surface area contributed by atoms with E-state index in [4.69, 9.17) is 4.74 Å². The minimum atomic E-state index is -0.299. The molecule has 0 unspecified atom stereocenters. The van der Waals surface area contributed by atoms with Gasteiger partial charge < -0.3 is 15.4 Å². The van der Waals surface area contributed by atoms with Crippen LogP contribution in [0.25, 0.3) is 0 Å². The van der Waals surface area contributed by atoms with Crippen LogP contribution in [0.5, 0.6) is 5.75 Å². The molecule has 150 valence electrons. The Labute approximate surface area is 171 Å². The molecule has 2 aromatic carbocycles. The van der Waals surface area contributed by atoms with Crippen LogP contribution in [0.3, 0.4) is 0 Å². The Morgan fingerprint density at radius 1 is 1.03 bits per heavy atom. The second-order valence-electron chi connectivity index (χ2n) is 6.86. The third-order valence-electron chi connectivity index (χ3n) is 4.46. The summed E-state index contributed by atoms with van der Waals surface area (Å²) in [4.78, 5) is 21.4. The third-order valence-corrected chi connectivity index (χ3v) is 4.46. The molecule has 0 aliphatic rings. The number of rotatable bonds is 8. The SMILES string of the molecule is COc1ccc(C)cc1NC(=O)c1cc(NCCCc2ccccc2)nc(C)n1. The smallest absolute Gasteiger partial charge is 0.274 e. The highest BCUT2D eigenvalue weighted by molar-refractivity contribution is 6.04. The maximum absolute atomic E-state index is 12.7. The first-order valence-electron chi connectivity index (χ1n) is 9.64. The zero-order valence-electron chi connectivity index (χ0n) is 17.0. The van der Waals surface area contributed by atoms with Gasteiger partial charge in [0.05, 0.1) is 12.8 Å². The highest BCUT2D eigenvalue weighted by Gasteiger charge is 2.13. The largest absolute Gasteiger partial charge is 0.495 e. The summed E-state index contributed by atoms with van der Waals surface area (Å²) in [7, 11) is 1.58. The number of carbonyl (C=O) groups is 1. The van der Waals surface area contributed by atoms with Gasteiger partial charge in [-0.2, -0.15) is 0 Å². The van der Waals surface area contributed by atoms with Crippen LogP contribution >= 0.6 is 0 Å². The van der Waals surface area contributed by atoms with Crippen molar-refractivity contribution in [2.45, 2.75) is 26.7 Å².